The van der Waals surface area contributed by atoms with E-state index in [0.29, 0.717) is 11.7 Å². The number of carbonyl (C=O) groups is 1. The maximum atomic E-state index is 11.2. The summed E-state index contributed by atoms with van der Waals surface area (Å²) in [7, 11) is 6.58. The Kier molecular flexibility index (Phi) is 5.44. The fourth-order valence-electron chi connectivity index (χ4n) is 2.04. The van der Waals surface area contributed by atoms with Gasteiger partial charge < -0.3 is 28.5 Å². The molecule has 78 valence electrons. The third-order valence-corrected chi connectivity index (χ3v) is 2.39. The van der Waals surface area contributed by atoms with Gasteiger partial charge in [-0.25, -0.2) is 0 Å². The number of ketones is 1. The maximum absolute atomic E-state index is 11.2. The van der Waals surface area contributed by atoms with Crippen molar-refractivity contribution in [1.82, 2.24) is 0 Å². The lowest BCUT2D eigenvalue weighted by molar-refractivity contribution is -0.873. The molecule has 0 amide bonds. The highest BCUT2D eigenvalue weighted by Crippen LogP contribution is 2.22. The van der Waals surface area contributed by atoms with Crippen molar-refractivity contribution in [3.05, 3.63) is 0 Å². The second-order valence-corrected chi connectivity index (χ2v) is 4.97. The van der Waals surface area contributed by atoms with E-state index >= 15 is 0 Å². The second kappa shape index (κ2) is 5.29. The Balaban J connectivity index is 0.00000144. The summed E-state index contributed by atoms with van der Waals surface area (Å²) >= 11 is 0. The Bertz CT molecular complexity index is 174. The van der Waals surface area contributed by atoms with Crippen LogP contribution in [0.2, 0.25) is 0 Å². The highest BCUT2D eigenvalue weighted by atomic mass is 127. The number of hydrogen-bond acceptors (Lipinski definition) is 1. The van der Waals surface area contributed by atoms with Crippen LogP contribution < -0.4 is 24.0 Å². The number of hydrogen-bond donors (Lipinski definition) is 0. The molecular weight excluding hydrogens is 277 g/mol. The van der Waals surface area contributed by atoms with Crippen molar-refractivity contribution in [3.63, 3.8) is 0 Å². The number of carbonyl (C=O) groups excluding carboxylic acids is 1. The zero-order valence-electron chi connectivity index (χ0n) is 8.85. The molecule has 1 aliphatic rings. The van der Waals surface area contributed by atoms with Crippen molar-refractivity contribution in [2.24, 2.45) is 5.92 Å². The smallest absolute Gasteiger partial charge is 0.133 e. The van der Waals surface area contributed by atoms with E-state index in [4.69, 9.17) is 0 Å². The predicted octanol–water partition coefficient (Wildman–Crippen LogP) is -1.54. The van der Waals surface area contributed by atoms with Crippen molar-refractivity contribution in [3.8, 4) is 0 Å². The largest absolute Gasteiger partial charge is 1.00 e. The minimum absolute atomic E-state index is 0. The van der Waals surface area contributed by atoms with Gasteiger partial charge in [0.25, 0.3) is 0 Å². The van der Waals surface area contributed by atoms with Crippen molar-refractivity contribution in [2.45, 2.75) is 25.7 Å². The van der Waals surface area contributed by atoms with E-state index in [-0.39, 0.29) is 24.0 Å². The first-order chi connectivity index (χ1) is 5.47. The molecule has 0 heterocycles. The number of quaternary nitrogens is 1. The molecule has 0 aromatic carbocycles. The molecule has 0 bridgehead atoms. The van der Waals surface area contributed by atoms with Crippen LogP contribution in [0.3, 0.4) is 0 Å². The van der Waals surface area contributed by atoms with Crippen LogP contribution in [0.25, 0.3) is 0 Å². The standard InChI is InChI=1S/C10H20NO.HI/c1-11(2,3)8-9-5-4-6-10(12)7-9;/h9H,4-8H2,1-3H3;1H/q+1;/p-1/t9-;/m0./s1. The van der Waals surface area contributed by atoms with E-state index in [1.807, 2.05) is 0 Å². The van der Waals surface area contributed by atoms with E-state index in [2.05, 4.69) is 21.1 Å². The molecule has 1 atom stereocenters. The Labute approximate surface area is 98.3 Å². The third-order valence-electron chi connectivity index (χ3n) is 2.39. The van der Waals surface area contributed by atoms with Gasteiger partial charge in [-0.2, -0.15) is 0 Å². The molecule has 0 aromatic heterocycles. The fraction of sp³-hybridized carbons (Fsp3) is 0.900. The molecule has 1 fully saturated rings. The molecule has 1 aliphatic carbocycles. The van der Waals surface area contributed by atoms with Crippen molar-refractivity contribution in [2.75, 3.05) is 27.7 Å². The van der Waals surface area contributed by atoms with Crippen LogP contribution in [0.15, 0.2) is 0 Å². The maximum Gasteiger partial charge on any atom is 0.133 e. The molecule has 1 rings (SSSR count). The van der Waals surface area contributed by atoms with Crippen molar-refractivity contribution >= 4 is 5.78 Å². The van der Waals surface area contributed by atoms with Crippen LogP contribution in [0.1, 0.15) is 25.7 Å². The lowest BCUT2D eigenvalue weighted by Gasteiger charge is -2.30. The van der Waals surface area contributed by atoms with Crippen LogP contribution in [-0.2, 0) is 4.79 Å². The number of Topliss-reactive ketones (excluding diaryl/α,β-unsaturated/α-hetero) is 1. The molecule has 0 spiro atoms. The van der Waals surface area contributed by atoms with Gasteiger partial charge in [-0.3, -0.25) is 4.79 Å². The Morgan fingerprint density at radius 1 is 1.38 bits per heavy atom. The monoisotopic (exact) mass is 297 g/mol. The Hall–Kier alpha value is 0.360. The van der Waals surface area contributed by atoms with Crippen molar-refractivity contribution in [1.29, 1.82) is 0 Å². The van der Waals surface area contributed by atoms with Gasteiger partial charge in [0, 0.05) is 18.8 Å². The molecule has 0 aromatic rings. The molecule has 0 radical (unpaired) electrons. The van der Waals surface area contributed by atoms with Crippen LogP contribution in [-0.4, -0.2) is 38.0 Å². The van der Waals surface area contributed by atoms with Gasteiger partial charge in [-0.1, -0.05) is 0 Å². The fourth-order valence-corrected chi connectivity index (χ4v) is 2.04. The highest BCUT2D eigenvalue weighted by Gasteiger charge is 2.24. The predicted molar refractivity (Wildman–Crippen MR) is 49.9 cm³/mol. The summed E-state index contributed by atoms with van der Waals surface area (Å²) in [5.41, 5.74) is 0. The van der Waals surface area contributed by atoms with E-state index in [1.165, 1.54) is 6.42 Å². The highest BCUT2D eigenvalue weighted by molar-refractivity contribution is 5.79. The molecule has 0 aliphatic heterocycles. The molecular formula is C10H20INO. The van der Waals surface area contributed by atoms with Gasteiger partial charge in [0.05, 0.1) is 27.7 Å². The minimum atomic E-state index is 0. The van der Waals surface area contributed by atoms with Gasteiger partial charge in [0.1, 0.15) is 5.78 Å². The summed E-state index contributed by atoms with van der Waals surface area (Å²) in [5, 5.41) is 0. The van der Waals surface area contributed by atoms with Crippen LogP contribution in [0.4, 0.5) is 0 Å². The van der Waals surface area contributed by atoms with Gasteiger partial charge in [0.2, 0.25) is 0 Å². The average molecular weight is 297 g/mol. The first-order valence-corrected chi connectivity index (χ1v) is 4.79. The molecule has 1 saturated carbocycles. The number of rotatable bonds is 2. The molecule has 13 heavy (non-hydrogen) atoms. The van der Waals surface area contributed by atoms with E-state index < -0.39 is 0 Å². The number of nitrogens with zero attached hydrogens (tertiary/aromatic N) is 1. The van der Waals surface area contributed by atoms with Gasteiger partial charge in [-0.15, -0.1) is 0 Å². The quantitative estimate of drug-likeness (QED) is 0.446. The topological polar surface area (TPSA) is 17.1 Å². The summed E-state index contributed by atoms with van der Waals surface area (Å²) in [6.07, 6.45) is 4.02. The first-order valence-electron chi connectivity index (χ1n) is 4.79. The van der Waals surface area contributed by atoms with Gasteiger partial charge in [-0.05, 0) is 12.8 Å². The first kappa shape index (κ1) is 13.4. The Morgan fingerprint density at radius 2 is 2.00 bits per heavy atom. The average Bonchev–Trinajstić information content (AvgIpc) is 1.82. The van der Waals surface area contributed by atoms with Crippen molar-refractivity contribution < 1.29 is 33.3 Å². The van der Waals surface area contributed by atoms with Gasteiger partial charge in [0.15, 0.2) is 0 Å². The molecule has 0 saturated heterocycles. The third kappa shape index (κ3) is 5.62. The lowest BCUT2D eigenvalue weighted by Crippen LogP contribution is -3.00. The van der Waals surface area contributed by atoms with Crippen LogP contribution in [0, 0.1) is 5.92 Å². The summed E-state index contributed by atoms with van der Waals surface area (Å²) in [4.78, 5) is 11.2. The van der Waals surface area contributed by atoms with Crippen LogP contribution in [0.5, 0.6) is 0 Å². The molecule has 0 unspecified atom stereocenters. The Morgan fingerprint density at radius 3 is 2.46 bits per heavy atom. The van der Waals surface area contributed by atoms with E-state index in [9.17, 15) is 4.79 Å². The second-order valence-electron chi connectivity index (χ2n) is 4.97. The molecule has 0 N–H and O–H groups in total. The molecule has 3 heteroatoms. The van der Waals surface area contributed by atoms with E-state index in [0.717, 1.165) is 30.3 Å². The summed E-state index contributed by atoms with van der Waals surface area (Å²) < 4.78 is 0.984. The zero-order chi connectivity index (χ0) is 9.19. The molecule has 2 nitrogen and oxygen atoms in total. The summed E-state index contributed by atoms with van der Waals surface area (Å²) in [5.74, 6) is 1.12. The SMILES string of the molecule is C[N+](C)(C)C[C@H]1CCCC(=O)C1.[I-]. The van der Waals surface area contributed by atoms with E-state index in [1.54, 1.807) is 0 Å². The summed E-state index contributed by atoms with van der Waals surface area (Å²) in [6, 6.07) is 0. The van der Waals surface area contributed by atoms with Gasteiger partial charge >= 0.3 is 0 Å². The normalized spacial score (nSPS) is 23.9. The lowest BCUT2D eigenvalue weighted by atomic mass is 9.88. The number of halogens is 1. The minimum Gasteiger partial charge on any atom is -1.00 e. The summed E-state index contributed by atoms with van der Waals surface area (Å²) in [6.45, 7) is 1.14. The zero-order valence-corrected chi connectivity index (χ0v) is 11.0. The van der Waals surface area contributed by atoms with Crippen LogP contribution >= 0.6 is 0 Å².